The Balaban J connectivity index is 2.01. The van der Waals surface area contributed by atoms with E-state index < -0.39 is 12.2 Å². The van der Waals surface area contributed by atoms with Crippen LogP contribution in [0, 0.1) is 0 Å². The first-order chi connectivity index (χ1) is 13.5. The summed E-state index contributed by atoms with van der Waals surface area (Å²) < 4.78 is 10.7. The van der Waals surface area contributed by atoms with Gasteiger partial charge in [-0.25, -0.2) is 9.79 Å². The molecular formula is C20H28N4O4. The fraction of sp³-hybridized carbons (Fsp3) is 0.550. The highest BCUT2D eigenvalue weighted by Gasteiger charge is 2.51. The van der Waals surface area contributed by atoms with Crippen molar-refractivity contribution < 1.29 is 19.1 Å². The zero-order chi connectivity index (χ0) is 20.4. The molecule has 28 heavy (non-hydrogen) atoms. The number of fused-ring (bicyclic) bond motifs is 1. The maximum absolute atomic E-state index is 13.1. The van der Waals surface area contributed by atoms with Crippen LogP contribution in [0.1, 0.15) is 32.3 Å². The predicted molar refractivity (Wildman–Crippen MR) is 106 cm³/mol. The molecule has 3 amide bonds. The summed E-state index contributed by atoms with van der Waals surface area (Å²) in [6.45, 7) is 4.95. The minimum absolute atomic E-state index is 0.189. The molecule has 1 aromatic rings. The van der Waals surface area contributed by atoms with Gasteiger partial charge in [-0.3, -0.25) is 14.6 Å². The van der Waals surface area contributed by atoms with E-state index >= 15 is 0 Å². The maximum atomic E-state index is 13.1. The summed E-state index contributed by atoms with van der Waals surface area (Å²) in [5.41, 5.74) is 0.813. The molecule has 0 bridgehead atoms. The Kier molecular flexibility index (Phi) is 5.76. The molecule has 3 rings (SSSR count). The molecule has 152 valence electrons. The molecule has 2 heterocycles. The number of hydrogen-bond donors (Lipinski definition) is 0. The Morgan fingerprint density at radius 3 is 2.32 bits per heavy atom. The number of aliphatic imine (C=N–C) groups is 1. The normalized spacial score (nSPS) is 21.8. The zero-order valence-electron chi connectivity index (χ0n) is 17.1. The van der Waals surface area contributed by atoms with Gasteiger partial charge in [-0.2, -0.15) is 0 Å². The van der Waals surface area contributed by atoms with Gasteiger partial charge in [0.2, 0.25) is 0 Å². The molecule has 1 aromatic carbocycles. The van der Waals surface area contributed by atoms with E-state index in [2.05, 4.69) is 0 Å². The molecule has 0 radical (unpaired) electrons. The van der Waals surface area contributed by atoms with E-state index in [9.17, 15) is 9.59 Å². The molecule has 0 N–H and O–H groups in total. The first kappa shape index (κ1) is 20.0. The number of nitrogens with zero attached hydrogens (tertiary/aromatic N) is 4. The Hall–Kier alpha value is -2.77. The van der Waals surface area contributed by atoms with Gasteiger partial charge in [0.25, 0.3) is 5.91 Å². The highest BCUT2D eigenvalue weighted by Crippen LogP contribution is 2.33. The average molecular weight is 388 g/mol. The first-order valence-electron chi connectivity index (χ1n) is 9.63. The Labute approximate surface area is 165 Å². The quantitative estimate of drug-likeness (QED) is 0.716. The summed E-state index contributed by atoms with van der Waals surface area (Å²) in [6, 6.07) is 4.77. The molecule has 8 nitrogen and oxygen atoms in total. The van der Waals surface area contributed by atoms with Gasteiger partial charge in [-0.15, -0.1) is 0 Å². The van der Waals surface area contributed by atoms with E-state index in [0.717, 1.165) is 18.4 Å². The summed E-state index contributed by atoms with van der Waals surface area (Å²) in [7, 11) is 5.01. The van der Waals surface area contributed by atoms with Gasteiger partial charge >= 0.3 is 6.03 Å². The number of urea groups is 1. The number of benzene rings is 1. The standard InChI is InChI=1S/C20H28N4O4/c1-6-10-23-18-16(19(25)24(11-7-2)20(23)26)22(3)17(21-18)13-8-9-14(27-4)15(12-13)28-5/h8-9,12,16,18H,6-7,10-11H2,1-5H3. The summed E-state index contributed by atoms with van der Waals surface area (Å²) in [4.78, 5) is 35.7. The Morgan fingerprint density at radius 1 is 1.04 bits per heavy atom. The van der Waals surface area contributed by atoms with E-state index in [0.29, 0.717) is 30.4 Å². The lowest BCUT2D eigenvalue weighted by molar-refractivity contribution is -0.137. The number of ether oxygens (including phenoxy) is 2. The number of carbonyl (C=O) groups is 2. The molecule has 0 aliphatic carbocycles. The van der Waals surface area contributed by atoms with Crippen molar-refractivity contribution in [3.63, 3.8) is 0 Å². The van der Waals surface area contributed by atoms with Crippen molar-refractivity contribution in [1.82, 2.24) is 14.7 Å². The number of amides is 3. The van der Waals surface area contributed by atoms with Crippen molar-refractivity contribution in [3.8, 4) is 11.5 Å². The second-order valence-electron chi connectivity index (χ2n) is 6.96. The van der Waals surface area contributed by atoms with Gasteiger partial charge in [0, 0.05) is 25.7 Å². The Bertz CT molecular complexity index is 794. The van der Waals surface area contributed by atoms with Gasteiger partial charge in [0.05, 0.1) is 14.2 Å². The maximum Gasteiger partial charge on any atom is 0.328 e. The van der Waals surface area contributed by atoms with Crippen LogP contribution in [0.15, 0.2) is 23.2 Å². The van der Waals surface area contributed by atoms with E-state index in [1.54, 1.807) is 19.1 Å². The van der Waals surface area contributed by atoms with Crippen molar-refractivity contribution in [2.24, 2.45) is 4.99 Å². The molecule has 2 unspecified atom stereocenters. The zero-order valence-corrected chi connectivity index (χ0v) is 17.1. The van der Waals surface area contributed by atoms with Crippen LogP contribution >= 0.6 is 0 Å². The van der Waals surface area contributed by atoms with Crippen molar-refractivity contribution in [3.05, 3.63) is 23.8 Å². The van der Waals surface area contributed by atoms with Gasteiger partial charge in [-0.1, -0.05) is 13.8 Å². The van der Waals surface area contributed by atoms with Crippen LogP contribution in [-0.2, 0) is 4.79 Å². The molecule has 2 atom stereocenters. The van der Waals surface area contributed by atoms with Crippen LogP contribution in [0.25, 0.3) is 0 Å². The highest BCUT2D eigenvalue weighted by molar-refractivity contribution is 6.08. The number of methoxy groups -OCH3 is 2. The number of likely N-dealkylation sites (N-methyl/N-ethyl adjacent to an activating group) is 1. The van der Waals surface area contributed by atoms with Crippen molar-refractivity contribution in [2.75, 3.05) is 34.4 Å². The summed E-state index contributed by atoms with van der Waals surface area (Å²) >= 11 is 0. The SMILES string of the molecule is CCCN1C(=O)C2C(N=C(c3ccc(OC)c(OC)c3)N2C)N(CCC)C1=O. The summed E-state index contributed by atoms with van der Waals surface area (Å²) in [6.07, 6.45) is 1.01. The van der Waals surface area contributed by atoms with Crippen LogP contribution in [0.2, 0.25) is 0 Å². The lowest BCUT2D eigenvalue weighted by atomic mass is 10.1. The third kappa shape index (κ3) is 3.16. The topological polar surface area (TPSA) is 74.7 Å². The largest absolute Gasteiger partial charge is 0.493 e. The van der Waals surface area contributed by atoms with E-state index in [4.69, 9.17) is 14.5 Å². The molecule has 2 aliphatic rings. The number of amidine groups is 1. The molecule has 0 saturated carbocycles. The highest BCUT2D eigenvalue weighted by atomic mass is 16.5. The third-order valence-corrected chi connectivity index (χ3v) is 5.16. The molecule has 0 aromatic heterocycles. The minimum atomic E-state index is -0.515. The predicted octanol–water partition coefficient (Wildman–Crippen LogP) is 2.17. The molecular weight excluding hydrogens is 360 g/mol. The van der Waals surface area contributed by atoms with Gasteiger partial charge in [0.15, 0.2) is 23.7 Å². The van der Waals surface area contributed by atoms with Gasteiger partial charge < -0.3 is 14.4 Å². The van der Waals surface area contributed by atoms with E-state index in [1.165, 1.54) is 4.90 Å². The van der Waals surface area contributed by atoms with Gasteiger partial charge in [0.1, 0.15) is 5.84 Å². The third-order valence-electron chi connectivity index (χ3n) is 5.16. The number of hydrogen-bond acceptors (Lipinski definition) is 6. The lowest BCUT2D eigenvalue weighted by Gasteiger charge is -2.42. The van der Waals surface area contributed by atoms with Crippen molar-refractivity contribution >= 4 is 17.8 Å². The fourth-order valence-electron chi connectivity index (χ4n) is 3.83. The van der Waals surface area contributed by atoms with Crippen molar-refractivity contribution in [1.29, 1.82) is 0 Å². The van der Waals surface area contributed by atoms with Crippen LogP contribution in [0.4, 0.5) is 4.79 Å². The van der Waals surface area contributed by atoms with Crippen LogP contribution in [0.5, 0.6) is 11.5 Å². The smallest absolute Gasteiger partial charge is 0.328 e. The lowest BCUT2D eigenvalue weighted by Crippen LogP contribution is -2.65. The Morgan fingerprint density at radius 2 is 1.71 bits per heavy atom. The first-order valence-corrected chi connectivity index (χ1v) is 9.63. The summed E-state index contributed by atoms with van der Waals surface area (Å²) in [5.74, 6) is 1.69. The van der Waals surface area contributed by atoms with Crippen molar-refractivity contribution in [2.45, 2.75) is 38.9 Å². The van der Waals surface area contributed by atoms with Gasteiger partial charge in [-0.05, 0) is 31.0 Å². The second kappa shape index (κ2) is 8.08. The average Bonchev–Trinajstić information content (AvgIpc) is 3.05. The molecule has 8 heteroatoms. The molecule has 0 spiro atoms. The fourth-order valence-corrected chi connectivity index (χ4v) is 3.83. The number of rotatable bonds is 7. The summed E-state index contributed by atoms with van der Waals surface area (Å²) in [5, 5.41) is 0. The van der Waals surface area contributed by atoms with Crippen LogP contribution < -0.4 is 9.47 Å². The molecule has 2 aliphatic heterocycles. The minimum Gasteiger partial charge on any atom is -0.493 e. The number of imide groups is 1. The molecule has 1 saturated heterocycles. The molecule has 1 fully saturated rings. The van der Waals surface area contributed by atoms with E-state index in [-0.39, 0.29) is 11.9 Å². The second-order valence-corrected chi connectivity index (χ2v) is 6.96. The van der Waals surface area contributed by atoms with E-state index in [1.807, 2.05) is 44.0 Å². The number of carbonyl (C=O) groups excluding carboxylic acids is 2. The monoisotopic (exact) mass is 388 g/mol. The van der Waals surface area contributed by atoms with Crippen LogP contribution in [-0.4, -0.2) is 79.0 Å². The van der Waals surface area contributed by atoms with Crippen LogP contribution in [0.3, 0.4) is 0 Å².